The highest BCUT2D eigenvalue weighted by atomic mass is 35.5. The molecular formula is C14H17ClN2O3. The topological polar surface area (TPSA) is 69.6 Å². The van der Waals surface area contributed by atoms with Crippen molar-refractivity contribution in [2.75, 3.05) is 18.0 Å². The van der Waals surface area contributed by atoms with Gasteiger partial charge in [-0.05, 0) is 31.0 Å². The molecule has 0 bridgehead atoms. The van der Waals surface area contributed by atoms with Gasteiger partial charge in [0.25, 0.3) is 0 Å². The van der Waals surface area contributed by atoms with Gasteiger partial charge in [0.2, 0.25) is 5.91 Å². The Kier molecular flexibility index (Phi) is 4.49. The first kappa shape index (κ1) is 14.7. The maximum absolute atomic E-state index is 11.3. The molecule has 1 fully saturated rings. The van der Waals surface area contributed by atoms with E-state index in [2.05, 4.69) is 5.32 Å². The lowest BCUT2D eigenvalue weighted by molar-refractivity contribution is -0.119. The van der Waals surface area contributed by atoms with E-state index in [1.165, 1.54) is 13.0 Å². The number of benzene rings is 1. The third-order valence-corrected chi connectivity index (χ3v) is 3.67. The van der Waals surface area contributed by atoms with E-state index in [4.69, 9.17) is 11.6 Å². The van der Waals surface area contributed by atoms with E-state index in [0.717, 1.165) is 12.8 Å². The molecule has 0 unspecified atom stereocenters. The summed E-state index contributed by atoms with van der Waals surface area (Å²) in [5, 5.41) is 12.6. The van der Waals surface area contributed by atoms with Crippen molar-refractivity contribution >= 4 is 29.2 Å². The van der Waals surface area contributed by atoms with Crippen LogP contribution in [-0.4, -0.2) is 36.1 Å². The van der Waals surface area contributed by atoms with Gasteiger partial charge in [-0.3, -0.25) is 4.79 Å². The summed E-state index contributed by atoms with van der Waals surface area (Å²) < 4.78 is 0. The fourth-order valence-electron chi connectivity index (χ4n) is 2.51. The molecule has 0 spiro atoms. The van der Waals surface area contributed by atoms with E-state index in [-0.39, 0.29) is 17.5 Å². The summed E-state index contributed by atoms with van der Waals surface area (Å²) in [7, 11) is 0. The number of anilines is 1. The maximum atomic E-state index is 11.3. The monoisotopic (exact) mass is 296 g/mol. The maximum Gasteiger partial charge on any atom is 0.337 e. The van der Waals surface area contributed by atoms with Crippen molar-refractivity contribution in [2.45, 2.75) is 25.8 Å². The van der Waals surface area contributed by atoms with Gasteiger partial charge >= 0.3 is 5.97 Å². The van der Waals surface area contributed by atoms with Gasteiger partial charge in [-0.1, -0.05) is 11.6 Å². The predicted octanol–water partition coefficient (Wildman–Crippen LogP) is 2.14. The van der Waals surface area contributed by atoms with Crippen LogP contribution in [0.1, 0.15) is 30.1 Å². The lowest BCUT2D eigenvalue weighted by Gasteiger charge is -2.34. The second kappa shape index (κ2) is 6.13. The summed E-state index contributed by atoms with van der Waals surface area (Å²) in [5.41, 5.74) is 0.902. The molecule has 20 heavy (non-hydrogen) atoms. The molecule has 1 saturated heterocycles. The first-order valence-electron chi connectivity index (χ1n) is 6.52. The van der Waals surface area contributed by atoms with Crippen LogP contribution in [0.25, 0.3) is 0 Å². The van der Waals surface area contributed by atoms with Crippen molar-refractivity contribution in [3.63, 3.8) is 0 Å². The number of nitrogens with one attached hydrogen (secondary N) is 1. The zero-order valence-electron chi connectivity index (χ0n) is 11.2. The van der Waals surface area contributed by atoms with Gasteiger partial charge in [0, 0.05) is 31.1 Å². The van der Waals surface area contributed by atoms with Crippen LogP contribution < -0.4 is 10.2 Å². The lowest BCUT2D eigenvalue weighted by atomic mass is 10.0. The molecule has 108 valence electrons. The number of amides is 1. The van der Waals surface area contributed by atoms with Gasteiger partial charge in [-0.25, -0.2) is 4.79 Å². The SMILES string of the molecule is CC(=O)NC1CCN(c2ccc(Cl)cc2C(=O)O)CC1. The number of hydrogen-bond donors (Lipinski definition) is 2. The van der Waals surface area contributed by atoms with Crippen molar-refractivity contribution in [3.05, 3.63) is 28.8 Å². The standard InChI is InChI=1S/C14H17ClN2O3/c1-9(18)16-11-4-6-17(7-5-11)13-3-2-10(15)8-12(13)14(19)20/h2-3,8,11H,4-7H2,1H3,(H,16,18)(H,19,20). The Morgan fingerprint density at radius 2 is 2.00 bits per heavy atom. The number of nitrogens with zero attached hydrogens (tertiary/aromatic N) is 1. The van der Waals surface area contributed by atoms with E-state index in [1.807, 2.05) is 4.90 Å². The molecule has 6 heteroatoms. The molecule has 1 aromatic rings. The molecule has 0 atom stereocenters. The Balaban J connectivity index is 2.11. The Hall–Kier alpha value is -1.75. The quantitative estimate of drug-likeness (QED) is 0.896. The summed E-state index contributed by atoms with van der Waals surface area (Å²) >= 11 is 5.85. The van der Waals surface area contributed by atoms with Crippen LogP contribution >= 0.6 is 11.6 Å². The van der Waals surface area contributed by atoms with Gasteiger partial charge < -0.3 is 15.3 Å². The number of carbonyl (C=O) groups is 2. The second-order valence-electron chi connectivity index (χ2n) is 4.93. The van der Waals surface area contributed by atoms with E-state index in [9.17, 15) is 14.7 Å². The Morgan fingerprint density at radius 1 is 1.35 bits per heavy atom. The van der Waals surface area contributed by atoms with Crippen molar-refractivity contribution < 1.29 is 14.7 Å². The molecular weight excluding hydrogens is 280 g/mol. The molecule has 0 saturated carbocycles. The van der Waals surface area contributed by atoms with E-state index >= 15 is 0 Å². The van der Waals surface area contributed by atoms with Gasteiger partial charge in [0.15, 0.2) is 0 Å². The number of hydrogen-bond acceptors (Lipinski definition) is 3. The van der Waals surface area contributed by atoms with Crippen molar-refractivity contribution in [1.29, 1.82) is 0 Å². The van der Waals surface area contributed by atoms with Crippen molar-refractivity contribution in [1.82, 2.24) is 5.32 Å². The van der Waals surface area contributed by atoms with Gasteiger partial charge in [-0.2, -0.15) is 0 Å². The van der Waals surface area contributed by atoms with Gasteiger partial charge in [-0.15, -0.1) is 0 Å². The number of halogens is 1. The molecule has 1 aromatic carbocycles. The number of carboxylic acid groups (broad SMARTS) is 1. The van der Waals surface area contributed by atoms with Crippen molar-refractivity contribution in [2.24, 2.45) is 0 Å². The van der Waals surface area contributed by atoms with E-state index in [1.54, 1.807) is 12.1 Å². The average molecular weight is 297 g/mol. The summed E-state index contributed by atoms with van der Waals surface area (Å²) in [6.07, 6.45) is 1.61. The minimum absolute atomic E-state index is 0.0267. The molecule has 5 nitrogen and oxygen atoms in total. The first-order valence-corrected chi connectivity index (χ1v) is 6.90. The number of carbonyl (C=O) groups excluding carboxylic acids is 1. The van der Waals surface area contributed by atoms with Crippen LogP contribution in [0.4, 0.5) is 5.69 Å². The van der Waals surface area contributed by atoms with Crippen LogP contribution in [0, 0.1) is 0 Å². The second-order valence-corrected chi connectivity index (χ2v) is 5.36. The lowest BCUT2D eigenvalue weighted by Crippen LogP contribution is -2.44. The third kappa shape index (κ3) is 3.42. The number of aromatic carboxylic acids is 1. The van der Waals surface area contributed by atoms with Crippen LogP contribution in [0.5, 0.6) is 0 Å². The summed E-state index contributed by atoms with van der Waals surface area (Å²) in [4.78, 5) is 24.3. The first-order chi connectivity index (χ1) is 9.47. The predicted molar refractivity (Wildman–Crippen MR) is 77.5 cm³/mol. The fraction of sp³-hybridized carbons (Fsp3) is 0.429. The summed E-state index contributed by atoms with van der Waals surface area (Å²) in [6.45, 7) is 2.94. The minimum Gasteiger partial charge on any atom is -0.478 e. The van der Waals surface area contributed by atoms with Gasteiger partial charge in [0.05, 0.1) is 11.3 Å². The molecule has 2 N–H and O–H groups in total. The third-order valence-electron chi connectivity index (χ3n) is 3.43. The molecule has 1 aliphatic rings. The average Bonchev–Trinajstić information content (AvgIpc) is 2.39. The molecule has 0 aromatic heterocycles. The Labute approximate surface area is 122 Å². The highest BCUT2D eigenvalue weighted by Crippen LogP contribution is 2.27. The zero-order chi connectivity index (χ0) is 14.7. The smallest absolute Gasteiger partial charge is 0.337 e. The minimum atomic E-state index is -0.980. The van der Waals surface area contributed by atoms with Crippen LogP contribution in [0.15, 0.2) is 18.2 Å². The summed E-state index contributed by atoms with van der Waals surface area (Å²) in [6, 6.07) is 5.08. The molecule has 0 radical (unpaired) electrons. The fourth-order valence-corrected chi connectivity index (χ4v) is 2.68. The highest BCUT2D eigenvalue weighted by Gasteiger charge is 2.23. The zero-order valence-corrected chi connectivity index (χ0v) is 12.0. The molecule has 1 amide bonds. The molecule has 1 aliphatic heterocycles. The van der Waals surface area contributed by atoms with Gasteiger partial charge in [0.1, 0.15) is 0 Å². The molecule has 0 aliphatic carbocycles. The van der Waals surface area contributed by atoms with Crippen LogP contribution in [0.2, 0.25) is 5.02 Å². The largest absolute Gasteiger partial charge is 0.478 e. The normalized spacial score (nSPS) is 16.0. The number of carboxylic acids is 1. The van der Waals surface area contributed by atoms with Crippen molar-refractivity contribution in [3.8, 4) is 0 Å². The Morgan fingerprint density at radius 3 is 2.55 bits per heavy atom. The summed E-state index contributed by atoms with van der Waals surface area (Å²) in [5.74, 6) is -1.01. The Bertz CT molecular complexity index is 525. The van der Waals surface area contributed by atoms with E-state index in [0.29, 0.717) is 23.8 Å². The van der Waals surface area contributed by atoms with Crippen LogP contribution in [0.3, 0.4) is 0 Å². The number of piperidine rings is 1. The van der Waals surface area contributed by atoms with E-state index < -0.39 is 5.97 Å². The number of rotatable bonds is 3. The highest BCUT2D eigenvalue weighted by molar-refractivity contribution is 6.31. The van der Waals surface area contributed by atoms with Crippen LogP contribution in [-0.2, 0) is 4.79 Å². The molecule has 2 rings (SSSR count). The molecule has 1 heterocycles.